The van der Waals surface area contributed by atoms with Crippen LogP contribution in [0.3, 0.4) is 0 Å². The number of aromatic hydroxyl groups is 1. The molecule has 0 unspecified atom stereocenters. The van der Waals surface area contributed by atoms with Gasteiger partial charge in [0.2, 0.25) is 5.62 Å². The van der Waals surface area contributed by atoms with Crippen LogP contribution < -0.4 is 5.62 Å². The molecule has 0 radical (unpaired) electrons. The molecule has 1 aromatic heterocycles. The van der Waals surface area contributed by atoms with E-state index < -0.39 is 0 Å². The third-order valence-corrected chi connectivity index (χ3v) is 7.23. The molecule has 0 fully saturated rings. The first kappa shape index (κ1) is 28.4. The first-order chi connectivity index (χ1) is 15.7. The average Bonchev–Trinajstić information content (AvgIpc) is 3.14. The van der Waals surface area contributed by atoms with E-state index in [1.807, 2.05) is 75.2 Å². The number of methoxy groups -OCH3 is 1. The zero-order valence-corrected chi connectivity index (χ0v) is 23.9. The molecule has 1 aromatic carbocycles. The molecule has 0 bridgehead atoms. The van der Waals surface area contributed by atoms with Gasteiger partial charge in [0.05, 0.1) is 28.3 Å². The molecule has 2 aromatic rings. The third-order valence-electron chi connectivity index (χ3n) is 6.91. The summed E-state index contributed by atoms with van der Waals surface area (Å²) in [5.74, 6) is 0.254. The van der Waals surface area contributed by atoms with E-state index in [1.54, 1.807) is 7.11 Å². The Morgan fingerprint density at radius 3 is 1.91 bits per heavy atom. The van der Waals surface area contributed by atoms with E-state index in [1.165, 1.54) is 0 Å². The molecule has 190 valence electrons. The lowest BCUT2D eigenvalue weighted by Gasteiger charge is -2.30. The molecule has 1 N–H and O–H groups in total. The van der Waals surface area contributed by atoms with E-state index in [0.717, 1.165) is 36.9 Å². The SMILES string of the molecule is CCC(CC)(CCn1ccn(CC(=O)c2cc(C(C)(C)C)c(O)c(C(C)(C)C)c2)c1=NBr)OC. The minimum atomic E-state index is -0.292. The largest absolute Gasteiger partial charge is 0.507 e. The van der Waals surface area contributed by atoms with E-state index in [0.29, 0.717) is 11.2 Å². The summed E-state index contributed by atoms with van der Waals surface area (Å²) in [5.41, 5.74) is 2.10. The molecular formula is C27H42BrN3O3. The Morgan fingerprint density at radius 1 is 1.00 bits per heavy atom. The van der Waals surface area contributed by atoms with Gasteiger partial charge in [0.25, 0.3) is 0 Å². The number of aromatic nitrogens is 2. The molecule has 0 aliphatic carbocycles. The number of ketones is 1. The fourth-order valence-electron chi connectivity index (χ4n) is 4.36. The Bertz CT molecular complexity index is 1020. The summed E-state index contributed by atoms with van der Waals surface area (Å²) >= 11 is 3.25. The van der Waals surface area contributed by atoms with Crippen molar-refractivity contribution in [1.29, 1.82) is 0 Å². The quantitative estimate of drug-likeness (QED) is 0.384. The summed E-state index contributed by atoms with van der Waals surface area (Å²) in [6.07, 6.45) is 6.58. The van der Waals surface area contributed by atoms with Crippen LogP contribution in [0.5, 0.6) is 5.75 Å². The van der Waals surface area contributed by atoms with Gasteiger partial charge in [-0.05, 0) is 42.2 Å². The first-order valence-electron chi connectivity index (χ1n) is 12.1. The highest BCUT2D eigenvalue weighted by Crippen LogP contribution is 2.39. The molecule has 7 heteroatoms. The number of aryl methyl sites for hydroxylation is 1. The van der Waals surface area contributed by atoms with E-state index >= 15 is 0 Å². The van der Waals surface area contributed by atoms with E-state index in [2.05, 4.69) is 34.0 Å². The lowest BCUT2D eigenvalue weighted by Crippen LogP contribution is -2.34. The molecule has 0 amide bonds. The normalized spacial score (nSPS) is 13.5. The maximum atomic E-state index is 13.4. The van der Waals surface area contributed by atoms with Crippen LogP contribution in [-0.2, 0) is 28.7 Å². The van der Waals surface area contributed by atoms with Crippen LogP contribution in [0.25, 0.3) is 0 Å². The fourth-order valence-corrected chi connectivity index (χ4v) is 4.77. The number of Topliss-reactive ketones (excluding diaryl/α,β-unsaturated/α-hetero) is 1. The summed E-state index contributed by atoms with van der Waals surface area (Å²) in [7, 11) is 1.77. The summed E-state index contributed by atoms with van der Waals surface area (Å²) in [6, 6.07) is 3.68. The summed E-state index contributed by atoms with van der Waals surface area (Å²) < 4.78 is 14.0. The Kier molecular flexibility index (Phi) is 9.03. The molecule has 0 saturated heterocycles. The Hall–Kier alpha value is -1.86. The zero-order valence-electron chi connectivity index (χ0n) is 22.3. The van der Waals surface area contributed by atoms with E-state index in [4.69, 9.17) is 4.74 Å². The fraction of sp³-hybridized carbons (Fsp3) is 0.630. The van der Waals surface area contributed by atoms with Crippen LogP contribution in [0, 0.1) is 0 Å². The third kappa shape index (κ3) is 6.22. The Morgan fingerprint density at radius 2 is 1.50 bits per heavy atom. The number of hydrogen-bond donors (Lipinski definition) is 1. The first-order valence-corrected chi connectivity index (χ1v) is 12.8. The van der Waals surface area contributed by atoms with Gasteiger partial charge in [-0.25, -0.2) is 0 Å². The standard InChI is InChI=1S/C27H42BrN3O3/c1-10-27(11-2,34-9)12-13-30-14-15-31(24(30)29-28)18-22(32)19-16-20(25(3,4)5)23(33)21(17-19)26(6,7)8/h14-17,33H,10-13,18H2,1-9H3. The van der Waals surface area contributed by atoms with Gasteiger partial charge in [0.1, 0.15) is 5.75 Å². The number of phenolic OH excluding ortho intramolecular Hbond substituents is 1. The lowest BCUT2D eigenvalue weighted by atomic mass is 9.78. The monoisotopic (exact) mass is 535 g/mol. The van der Waals surface area contributed by atoms with Crippen LogP contribution in [-0.4, -0.2) is 32.7 Å². The minimum Gasteiger partial charge on any atom is -0.507 e. The number of halogens is 1. The average molecular weight is 537 g/mol. The molecule has 0 aliphatic rings. The number of hydrogen-bond acceptors (Lipinski definition) is 4. The van der Waals surface area contributed by atoms with Gasteiger partial charge >= 0.3 is 0 Å². The van der Waals surface area contributed by atoms with Crippen molar-refractivity contribution in [2.75, 3.05) is 7.11 Å². The number of carbonyl (C=O) groups excluding carboxylic acids is 1. The van der Waals surface area contributed by atoms with Gasteiger partial charge in [-0.2, -0.15) is 4.02 Å². The summed E-state index contributed by atoms with van der Waals surface area (Å²) in [4.78, 5) is 13.4. The minimum absolute atomic E-state index is 0.0236. The van der Waals surface area contributed by atoms with Crippen LogP contribution in [0.15, 0.2) is 28.5 Å². The van der Waals surface area contributed by atoms with Crippen molar-refractivity contribution in [2.45, 2.75) is 104 Å². The van der Waals surface area contributed by atoms with Crippen molar-refractivity contribution in [3.8, 4) is 5.75 Å². The van der Waals surface area contributed by atoms with Gasteiger partial charge in [-0.15, -0.1) is 0 Å². The van der Waals surface area contributed by atoms with Gasteiger partial charge < -0.3 is 19.0 Å². The highest BCUT2D eigenvalue weighted by Gasteiger charge is 2.28. The summed E-state index contributed by atoms with van der Waals surface area (Å²) in [6.45, 7) is 17.5. The molecule has 0 atom stereocenters. The van der Waals surface area contributed by atoms with E-state index in [9.17, 15) is 9.90 Å². The molecular weight excluding hydrogens is 494 g/mol. The number of rotatable bonds is 9. The van der Waals surface area contributed by atoms with Gasteiger partial charge in [0.15, 0.2) is 5.78 Å². The topological polar surface area (TPSA) is 68.8 Å². The Labute approximate surface area is 213 Å². The molecule has 34 heavy (non-hydrogen) atoms. The number of carbonyl (C=O) groups is 1. The highest BCUT2D eigenvalue weighted by atomic mass is 79.9. The predicted octanol–water partition coefficient (Wildman–Crippen LogP) is 6.28. The van der Waals surface area contributed by atoms with Gasteiger partial charge in [-0.3, -0.25) is 4.79 Å². The van der Waals surface area contributed by atoms with Crippen molar-refractivity contribution in [3.05, 3.63) is 46.8 Å². The van der Waals surface area contributed by atoms with Crippen LogP contribution >= 0.6 is 16.1 Å². The summed E-state index contributed by atoms with van der Waals surface area (Å²) in [5, 5.41) is 11.0. The second-order valence-corrected chi connectivity index (χ2v) is 11.5. The van der Waals surface area contributed by atoms with Crippen molar-refractivity contribution in [2.24, 2.45) is 4.02 Å². The maximum Gasteiger partial charge on any atom is 0.217 e. The van der Waals surface area contributed by atoms with Crippen LogP contribution in [0.2, 0.25) is 0 Å². The smallest absolute Gasteiger partial charge is 0.217 e. The van der Waals surface area contributed by atoms with Gasteiger partial charge in [-0.1, -0.05) is 55.4 Å². The maximum absolute atomic E-state index is 13.4. The Balaban J connectivity index is 2.40. The van der Waals surface area contributed by atoms with Crippen LogP contribution in [0.4, 0.5) is 0 Å². The molecule has 6 nitrogen and oxygen atoms in total. The molecule has 0 saturated carbocycles. The number of nitrogens with zero attached hydrogens (tertiary/aromatic N) is 3. The number of ether oxygens (including phenoxy) is 1. The van der Waals surface area contributed by atoms with Crippen molar-refractivity contribution >= 4 is 21.9 Å². The van der Waals surface area contributed by atoms with Gasteiger partial charge in [0, 0.05) is 42.7 Å². The molecule has 0 spiro atoms. The number of phenols is 1. The van der Waals surface area contributed by atoms with E-state index in [-0.39, 0.29) is 34.5 Å². The molecule has 0 aliphatic heterocycles. The van der Waals surface area contributed by atoms with Crippen LogP contribution in [0.1, 0.15) is 96.1 Å². The number of benzene rings is 1. The number of imidazole rings is 1. The second-order valence-electron chi connectivity index (χ2n) is 11.2. The molecule has 2 rings (SSSR count). The van der Waals surface area contributed by atoms with Crippen molar-refractivity contribution in [3.63, 3.8) is 0 Å². The highest BCUT2D eigenvalue weighted by molar-refractivity contribution is 9.08. The van der Waals surface area contributed by atoms with Crippen molar-refractivity contribution in [1.82, 2.24) is 9.13 Å². The zero-order chi connectivity index (χ0) is 25.9. The van der Waals surface area contributed by atoms with Crippen molar-refractivity contribution < 1.29 is 14.6 Å². The predicted molar refractivity (Wildman–Crippen MR) is 142 cm³/mol. The lowest BCUT2D eigenvalue weighted by molar-refractivity contribution is -0.0269. The second kappa shape index (κ2) is 10.8. The molecule has 1 heterocycles.